The molecule has 1 atom stereocenters. The predicted molar refractivity (Wildman–Crippen MR) is 62.3 cm³/mol. The molecule has 0 spiro atoms. The maximum absolute atomic E-state index is 11.4. The van der Waals surface area contributed by atoms with Crippen LogP contribution in [0.5, 0.6) is 0 Å². The standard InChI is InChI=1S/C12H24NO2/c1-7-9-13(5,6)11(8-2)15-12(14)10(3)4/h11H,3,7-9H2,1-2,4-6H3/q+1. The summed E-state index contributed by atoms with van der Waals surface area (Å²) in [6, 6.07) is 0. The second kappa shape index (κ2) is 5.91. The first-order chi connectivity index (χ1) is 6.85. The Morgan fingerprint density at radius 2 is 1.93 bits per heavy atom. The summed E-state index contributed by atoms with van der Waals surface area (Å²) >= 11 is 0. The molecule has 0 aromatic rings. The highest BCUT2D eigenvalue weighted by molar-refractivity contribution is 5.86. The van der Waals surface area contributed by atoms with Gasteiger partial charge >= 0.3 is 5.97 Å². The fraction of sp³-hybridized carbons (Fsp3) is 0.750. The van der Waals surface area contributed by atoms with Crippen LogP contribution in [0.15, 0.2) is 12.2 Å². The number of carbonyl (C=O) groups is 1. The van der Waals surface area contributed by atoms with Crippen LogP contribution in [-0.2, 0) is 9.53 Å². The molecule has 0 fully saturated rings. The summed E-state index contributed by atoms with van der Waals surface area (Å²) in [6.07, 6.45) is 1.83. The third-order valence-corrected chi connectivity index (χ3v) is 2.52. The van der Waals surface area contributed by atoms with E-state index in [2.05, 4.69) is 27.6 Å². The van der Waals surface area contributed by atoms with Crippen LogP contribution in [0.25, 0.3) is 0 Å². The lowest BCUT2D eigenvalue weighted by atomic mass is 10.3. The highest BCUT2D eigenvalue weighted by Crippen LogP contribution is 2.14. The molecule has 0 aliphatic carbocycles. The quantitative estimate of drug-likeness (QED) is 0.293. The minimum atomic E-state index is -0.288. The Morgan fingerprint density at radius 3 is 2.27 bits per heavy atom. The van der Waals surface area contributed by atoms with Crippen molar-refractivity contribution in [1.82, 2.24) is 0 Å². The number of carbonyl (C=O) groups excluding carboxylic acids is 1. The van der Waals surface area contributed by atoms with E-state index in [-0.39, 0.29) is 12.2 Å². The fourth-order valence-corrected chi connectivity index (χ4v) is 1.66. The molecular formula is C12H24NO2+. The van der Waals surface area contributed by atoms with Gasteiger partial charge in [0, 0.05) is 12.0 Å². The number of hydrogen-bond donors (Lipinski definition) is 0. The van der Waals surface area contributed by atoms with Gasteiger partial charge in [0.1, 0.15) is 0 Å². The van der Waals surface area contributed by atoms with Crippen LogP contribution in [-0.4, -0.2) is 37.3 Å². The first-order valence-electron chi connectivity index (χ1n) is 5.54. The number of hydrogen-bond acceptors (Lipinski definition) is 2. The van der Waals surface area contributed by atoms with Gasteiger partial charge in [0.2, 0.25) is 6.23 Å². The van der Waals surface area contributed by atoms with Gasteiger partial charge in [0.05, 0.1) is 20.6 Å². The summed E-state index contributed by atoms with van der Waals surface area (Å²) in [6.45, 7) is 10.4. The van der Waals surface area contributed by atoms with Gasteiger partial charge in [0.15, 0.2) is 0 Å². The van der Waals surface area contributed by atoms with Gasteiger partial charge in [-0.15, -0.1) is 0 Å². The second-order valence-electron chi connectivity index (χ2n) is 4.55. The second-order valence-corrected chi connectivity index (χ2v) is 4.55. The molecule has 0 amide bonds. The van der Waals surface area contributed by atoms with Crippen molar-refractivity contribution in [2.75, 3.05) is 20.6 Å². The van der Waals surface area contributed by atoms with E-state index in [1.54, 1.807) is 6.92 Å². The highest BCUT2D eigenvalue weighted by Gasteiger charge is 2.29. The molecule has 0 rings (SSSR count). The lowest BCUT2D eigenvalue weighted by Gasteiger charge is -2.36. The van der Waals surface area contributed by atoms with Crippen LogP contribution in [0.2, 0.25) is 0 Å². The van der Waals surface area contributed by atoms with Crippen LogP contribution in [0.1, 0.15) is 33.6 Å². The third kappa shape index (κ3) is 4.47. The lowest BCUT2D eigenvalue weighted by molar-refractivity contribution is -0.935. The van der Waals surface area contributed by atoms with E-state index in [4.69, 9.17) is 4.74 Å². The Morgan fingerprint density at radius 1 is 1.40 bits per heavy atom. The number of quaternary nitrogens is 1. The predicted octanol–water partition coefficient (Wildman–Crippen LogP) is 2.33. The van der Waals surface area contributed by atoms with Crippen molar-refractivity contribution in [3.8, 4) is 0 Å². The fourth-order valence-electron chi connectivity index (χ4n) is 1.66. The van der Waals surface area contributed by atoms with E-state index in [1.165, 1.54) is 0 Å². The molecule has 88 valence electrons. The van der Waals surface area contributed by atoms with Crippen molar-refractivity contribution < 1.29 is 14.0 Å². The molecule has 0 heterocycles. The molecule has 0 aromatic carbocycles. The van der Waals surface area contributed by atoms with Crippen molar-refractivity contribution in [2.24, 2.45) is 0 Å². The van der Waals surface area contributed by atoms with Crippen molar-refractivity contribution in [3.05, 3.63) is 12.2 Å². The summed E-state index contributed by atoms with van der Waals surface area (Å²) in [4.78, 5) is 11.4. The molecule has 0 radical (unpaired) electrons. The van der Waals surface area contributed by atoms with E-state index in [0.717, 1.165) is 19.4 Å². The summed E-state index contributed by atoms with van der Waals surface area (Å²) in [5.74, 6) is -0.288. The first kappa shape index (κ1) is 14.2. The van der Waals surface area contributed by atoms with E-state index >= 15 is 0 Å². The van der Waals surface area contributed by atoms with Crippen LogP contribution in [0.4, 0.5) is 0 Å². The van der Waals surface area contributed by atoms with Crippen LogP contribution in [0.3, 0.4) is 0 Å². The molecule has 3 nitrogen and oxygen atoms in total. The normalized spacial score (nSPS) is 13.4. The third-order valence-electron chi connectivity index (χ3n) is 2.52. The van der Waals surface area contributed by atoms with Crippen molar-refractivity contribution in [1.29, 1.82) is 0 Å². The Bertz CT molecular complexity index is 234. The molecule has 0 aromatic heterocycles. The van der Waals surface area contributed by atoms with Gasteiger partial charge in [0.25, 0.3) is 0 Å². The Kier molecular flexibility index (Phi) is 5.58. The van der Waals surface area contributed by atoms with E-state index in [1.807, 2.05) is 6.92 Å². The van der Waals surface area contributed by atoms with Crippen LogP contribution < -0.4 is 0 Å². The Labute approximate surface area is 93.3 Å². The average Bonchev–Trinajstić information content (AvgIpc) is 2.12. The van der Waals surface area contributed by atoms with E-state index in [9.17, 15) is 4.79 Å². The van der Waals surface area contributed by atoms with Crippen LogP contribution >= 0.6 is 0 Å². The van der Waals surface area contributed by atoms with Gasteiger partial charge < -0.3 is 4.74 Å². The zero-order valence-corrected chi connectivity index (χ0v) is 10.7. The molecule has 0 aliphatic rings. The molecule has 0 aliphatic heterocycles. The smallest absolute Gasteiger partial charge is 0.337 e. The molecule has 0 bridgehead atoms. The van der Waals surface area contributed by atoms with E-state index in [0.29, 0.717) is 10.1 Å². The molecule has 15 heavy (non-hydrogen) atoms. The number of nitrogens with zero attached hydrogens (tertiary/aromatic N) is 1. The Hall–Kier alpha value is -0.830. The van der Waals surface area contributed by atoms with Gasteiger partial charge in [-0.25, -0.2) is 4.79 Å². The van der Waals surface area contributed by atoms with Crippen molar-refractivity contribution in [2.45, 2.75) is 39.8 Å². The molecular weight excluding hydrogens is 190 g/mol. The van der Waals surface area contributed by atoms with E-state index < -0.39 is 0 Å². The lowest BCUT2D eigenvalue weighted by Crippen LogP contribution is -2.51. The average molecular weight is 214 g/mol. The first-order valence-corrected chi connectivity index (χ1v) is 5.54. The number of esters is 1. The largest absolute Gasteiger partial charge is 0.409 e. The zero-order chi connectivity index (χ0) is 12.1. The molecule has 0 saturated carbocycles. The Balaban J connectivity index is 4.48. The van der Waals surface area contributed by atoms with Crippen molar-refractivity contribution in [3.63, 3.8) is 0 Å². The monoisotopic (exact) mass is 214 g/mol. The molecule has 1 unspecified atom stereocenters. The molecule has 3 heteroatoms. The summed E-state index contributed by atoms with van der Waals surface area (Å²) in [5, 5.41) is 0. The maximum Gasteiger partial charge on any atom is 0.337 e. The van der Waals surface area contributed by atoms with Gasteiger partial charge in [-0.2, -0.15) is 0 Å². The van der Waals surface area contributed by atoms with Gasteiger partial charge in [-0.1, -0.05) is 20.4 Å². The van der Waals surface area contributed by atoms with Gasteiger partial charge in [-0.05, 0) is 13.3 Å². The van der Waals surface area contributed by atoms with Crippen LogP contribution in [0, 0.1) is 0 Å². The zero-order valence-electron chi connectivity index (χ0n) is 10.7. The van der Waals surface area contributed by atoms with Gasteiger partial charge in [-0.3, -0.25) is 4.48 Å². The minimum Gasteiger partial charge on any atom is -0.409 e. The molecule has 0 saturated heterocycles. The number of rotatable bonds is 6. The maximum atomic E-state index is 11.4. The summed E-state index contributed by atoms with van der Waals surface area (Å²) < 4.78 is 6.13. The van der Waals surface area contributed by atoms with Crippen molar-refractivity contribution >= 4 is 5.97 Å². The topological polar surface area (TPSA) is 26.3 Å². The summed E-state index contributed by atoms with van der Waals surface area (Å²) in [5.41, 5.74) is 0.463. The minimum absolute atomic E-state index is 0.0749. The summed E-state index contributed by atoms with van der Waals surface area (Å²) in [7, 11) is 4.17. The molecule has 0 N–H and O–H groups in total. The SMILES string of the molecule is C=C(C)C(=O)OC(CC)[N+](C)(C)CCC. The highest BCUT2D eigenvalue weighted by atomic mass is 16.6. The number of ether oxygens (including phenoxy) is 1.